The fourth-order valence-corrected chi connectivity index (χ4v) is 2.51. The summed E-state index contributed by atoms with van der Waals surface area (Å²) in [5.41, 5.74) is -1.82. The number of hydrogen-bond acceptors (Lipinski definition) is 6. The largest absolute Gasteiger partial charge is 0.480 e. The van der Waals surface area contributed by atoms with Crippen LogP contribution in [0.1, 0.15) is 41.5 Å². The lowest BCUT2D eigenvalue weighted by atomic mass is 9.84. The van der Waals surface area contributed by atoms with Crippen molar-refractivity contribution in [1.29, 1.82) is 0 Å². The minimum atomic E-state index is -1.29. The number of aliphatic carboxylic acids is 1. The highest BCUT2D eigenvalue weighted by molar-refractivity contribution is 5.89. The summed E-state index contributed by atoms with van der Waals surface area (Å²) in [5, 5.41) is 12.0. The molecule has 0 radical (unpaired) electrons. The van der Waals surface area contributed by atoms with Gasteiger partial charge >= 0.3 is 18.2 Å². The summed E-state index contributed by atoms with van der Waals surface area (Å²) in [4.78, 5) is 50.4. The Labute approximate surface area is 166 Å². The highest BCUT2D eigenvalue weighted by Crippen LogP contribution is 2.26. The number of carboxylic acids is 1. The van der Waals surface area contributed by atoms with E-state index in [1.165, 1.54) is 28.1 Å². The summed E-state index contributed by atoms with van der Waals surface area (Å²) in [6.45, 7) is 9.50. The Balaban J connectivity index is 5.41. The summed E-state index contributed by atoms with van der Waals surface area (Å²) in [6.07, 6.45) is -1.40. The van der Waals surface area contributed by atoms with Crippen molar-refractivity contribution in [3.8, 4) is 0 Å². The van der Waals surface area contributed by atoms with Gasteiger partial charge < -0.3 is 24.8 Å². The van der Waals surface area contributed by atoms with Crippen LogP contribution >= 0.6 is 0 Å². The fourth-order valence-electron chi connectivity index (χ4n) is 2.51. The molecule has 1 unspecified atom stereocenters. The standard InChI is InChI=1S/C18H33N3O7/c1-11(20(8)16(26)28-17(2,3)4)13(22)21(9)12(14(23)24)18(5,6)10-27-15(25)19-7/h11-12H,10H2,1-9H3,(H,19,25)(H,23,24)/t11-,12?/m1/s1. The van der Waals surface area contributed by atoms with Crippen molar-refractivity contribution in [3.63, 3.8) is 0 Å². The first-order chi connectivity index (χ1) is 12.5. The molecule has 0 aliphatic rings. The summed E-state index contributed by atoms with van der Waals surface area (Å²) in [7, 11) is 4.12. The van der Waals surface area contributed by atoms with Crippen molar-refractivity contribution < 1.29 is 33.8 Å². The molecule has 28 heavy (non-hydrogen) atoms. The first-order valence-electron chi connectivity index (χ1n) is 8.85. The fraction of sp³-hybridized carbons (Fsp3) is 0.778. The van der Waals surface area contributed by atoms with Gasteiger partial charge in [0.2, 0.25) is 5.91 Å². The van der Waals surface area contributed by atoms with Gasteiger partial charge in [0.05, 0.1) is 0 Å². The molecule has 10 heteroatoms. The van der Waals surface area contributed by atoms with E-state index in [0.717, 1.165) is 9.80 Å². The molecule has 0 aromatic carbocycles. The van der Waals surface area contributed by atoms with Gasteiger partial charge in [-0.3, -0.25) is 9.69 Å². The number of alkyl carbamates (subject to hydrolysis) is 1. The van der Waals surface area contributed by atoms with Crippen LogP contribution in [0.5, 0.6) is 0 Å². The zero-order chi connectivity index (χ0) is 22.4. The summed E-state index contributed by atoms with van der Waals surface area (Å²) in [5.74, 6) is -1.85. The lowest BCUT2D eigenvalue weighted by molar-refractivity contribution is -0.157. The van der Waals surface area contributed by atoms with E-state index in [4.69, 9.17) is 9.47 Å². The van der Waals surface area contributed by atoms with E-state index < -0.39 is 47.2 Å². The van der Waals surface area contributed by atoms with E-state index in [2.05, 4.69) is 5.32 Å². The molecule has 0 saturated carbocycles. The highest BCUT2D eigenvalue weighted by atomic mass is 16.6. The predicted molar refractivity (Wildman–Crippen MR) is 102 cm³/mol. The van der Waals surface area contributed by atoms with Gasteiger partial charge in [-0.15, -0.1) is 0 Å². The second-order valence-electron chi connectivity index (χ2n) is 8.27. The maximum absolute atomic E-state index is 12.8. The monoisotopic (exact) mass is 403 g/mol. The van der Waals surface area contributed by atoms with Crippen LogP contribution in [0, 0.1) is 5.41 Å². The number of carboxylic acid groups (broad SMARTS) is 1. The molecule has 2 atom stereocenters. The zero-order valence-corrected chi connectivity index (χ0v) is 18.2. The third-order valence-corrected chi connectivity index (χ3v) is 4.11. The molecule has 2 N–H and O–H groups in total. The average molecular weight is 403 g/mol. The van der Waals surface area contributed by atoms with Crippen molar-refractivity contribution in [2.24, 2.45) is 5.41 Å². The first-order valence-corrected chi connectivity index (χ1v) is 8.85. The second-order valence-corrected chi connectivity index (χ2v) is 8.27. The van der Waals surface area contributed by atoms with Crippen LogP contribution in [0.15, 0.2) is 0 Å². The quantitative estimate of drug-likeness (QED) is 0.660. The number of rotatable bonds is 7. The van der Waals surface area contributed by atoms with Crippen molar-refractivity contribution in [2.45, 2.75) is 59.2 Å². The number of carbonyl (C=O) groups excluding carboxylic acids is 3. The SMILES string of the molecule is CNC(=O)OCC(C)(C)C(C(=O)O)N(C)C(=O)[C@@H](C)N(C)C(=O)OC(C)(C)C. The second kappa shape index (κ2) is 9.61. The van der Waals surface area contributed by atoms with E-state index in [1.54, 1.807) is 34.6 Å². The van der Waals surface area contributed by atoms with Crippen LogP contribution in [0.3, 0.4) is 0 Å². The Morgan fingerprint density at radius 3 is 1.93 bits per heavy atom. The van der Waals surface area contributed by atoms with E-state index in [-0.39, 0.29) is 6.61 Å². The lowest BCUT2D eigenvalue weighted by Gasteiger charge is -2.39. The van der Waals surface area contributed by atoms with Gasteiger partial charge in [-0.1, -0.05) is 13.8 Å². The number of likely N-dealkylation sites (N-methyl/N-ethyl adjacent to an activating group) is 2. The first kappa shape index (κ1) is 25.5. The third kappa shape index (κ3) is 7.24. The number of carbonyl (C=O) groups is 4. The molecule has 0 rings (SSSR count). The molecule has 0 aliphatic carbocycles. The van der Waals surface area contributed by atoms with E-state index in [9.17, 15) is 24.3 Å². The third-order valence-electron chi connectivity index (χ3n) is 4.11. The molecule has 0 fully saturated rings. The van der Waals surface area contributed by atoms with Gasteiger partial charge in [0.25, 0.3) is 0 Å². The number of nitrogens with one attached hydrogen (secondary N) is 1. The van der Waals surface area contributed by atoms with Crippen LogP contribution in [0.25, 0.3) is 0 Å². The molecular formula is C18H33N3O7. The average Bonchev–Trinajstić information content (AvgIpc) is 2.55. The van der Waals surface area contributed by atoms with Crippen molar-refractivity contribution >= 4 is 24.1 Å². The van der Waals surface area contributed by atoms with Crippen molar-refractivity contribution in [3.05, 3.63) is 0 Å². The van der Waals surface area contributed by atoms with Gasteiger partial charge in [0, 0.05) is 26.6 Å². The minimum absolute atomic E-state index is 0.225. The van der Waals surface area contributed by atoms with Gasteiger partial charge in [-0.2, -0.15) is 0 Å². The number of ether oxygens (including phenoxy) is 2. The highest BCUT2D eigenvalue weighted by Gasteiger charge is 2.43. The summed E-state index contributed by atoms with van der Waals surface area (Å²) < 4.78 is 10.2. The van der Waals surface area contributed by atoms with Crippen molar-refractivity contribution in [1.82, 2.24) is 15.1 Å². The van der Waals surface area contributed by atoms with Crippen molar-refractivity contribution in [2.75, 3.05) is 27.7 Å². The van der Waals surface area contributed by atoms with Crippen LogP contribution in [-0.4, -0.2) is 84.4 Å². The van der Waals surface area contributed by atoms with Gasteiger partial charge in [0.15, 0.2) is 0 Å². The molecule has 0 spiro atoms. The zero-order valence-electron chi connectivity index (χ0n) is 18.2. The van der Waals surface area contributed by atoms with Gasteiger partial charge in [0.1, 0.15) is 24.3 Å². The van der Waals surface area contributed by atoms with Crippen LogP contribution < -0.4 is 5.32 Å². The van der Waals surface area contributed by atoms with Crippen LogP contribution in [0.4, 0.5) is 9.59 Å². The topological polar surface area (TPSA) is 125 Å². The molecule has 10 nitrogen and oxygen atoms in total. The van der Waals surface area contributed by atoms with Crippen LogP contribution in [0.2, 0.25) is 0 Å². The Morgan fingerprint density at radius 2 is 1.54 bits per heavy atom. The van der Waals surface area contributed by atoms with Crippen LogP contribution in [-0.2, 0) is 19.1 Å². The normalized spacial score (nSPS) is 13.8. The Hall–Kier alpha value is -2.52. The minimum Gasteiger partial charge on any atom is -0.480 e. The molecule has 3 amide bonds. The maximum Gasteiger partial charge on any atom is 0.410 e. The molecule has 0 saturated heterocycles. The molecule has 0 aliphatic heterocycles. The molecule has 0 heterocycles. The van der Waals surface area contributed by atoms with E-state index in [1.807, 2.05) is 0 Å². The molecule has 162 valence electrons. The molecule has 0 bridgehead atoms. The van der Waals surface area contributed by atoms with Gasteiger partial charge in [-0.25, -0.2) is 14.4 Å². The smallest absolute Gasteiger partial charge is 0.410 e. The Bertz CT molecular complexity index is 598. The molecule has 0 aromatic rings. The molecular weight excluding hydrogens is 370 g/mol. The summed E-state index contributed by atoms with van der Waals surface area (Å²) in [6, 6.07) is -2.25. The summed E-state index contributed by atoms with van der Waals surface area (Å²) >= 11 is 0. The Kier molecular flexibility index (Phi) is 8.74. The van der Waals surface area contributed by atoms with E-state index >= 15 is 0 Å². The number of nitrogens with zero attached hydrogens (tertiary/aromatic N) is 2. The number of hydrogen-bond donors (Lipinski definition) is 2. The van der Waals surface area contributed by atoms with E-state index in [0.29, 0.717) is 0 Å². The number of amides is 3. The predicted octanol–water partition coefficient (Wildman–Crippen LogP) is 1.54. The lowest BCUT2D eigenvalue weighted by Crippen LogP contribution is -2.57. The van der Waals surface area contributed by atoms with Gasteiger partial charge in [-0.05, 0) is 27.7 Å². The molecule has 0 aromatic heterocycles. The maximum atomic E-state index is 12.8. The Morgan fingerprint density at radius 1 is 1.04 bits per heavy atom.